The maximum atomic E-state index is 9.63. The summed E-state index contributed by atoms with van der Waals surface area (Å²) in [4.78, 5) is 0. The molecule has 2 aromatic rings. The summed E-state index contributed by atoms with van der Waals surface area (Å²) in [6.45, 7) is 1.18. The highest BCUT2D eigenvalue weighted by Gasteiger charge is 2.32. The van der Waals surface area contributed by atoms with E-state index in [1.54, 1.807) is 0 Å². The van der Waals surface area contributed by atoms with Gasteiger partial charge in [-0.25, -0.2) is 0 Å². The van der Waals surface area contributed by atoms with Gasteiger partial charge in [0.1, 0.15) is 0 Å². The van der Waals surface area contributed by atoms with E-state index in [0.717, 1.165) is 25.1 Å². The highest BCUT2D eigenvalue weighted by molar-refractivity contribution is 5.85. The van der Waals surface area contributed by atoms with Gasteiger partial charge in [0.15, 0.2) is 0 Å². The lowest BCUT2D eigenvalue weighted by Crippen LogP contribution is -2.30. The van der Waals surface area contributed by atoms with Crippen LogP contribution >= 0.6 is 0 Å². The lowest BCUT2D eigenvalue weighted by Gasteiger charge is -2.27. The first kappa shape index (κ1) is 12.5. The molecule has 0 amide bonds. The van der Waals surface area contributed by atoms with Crippen molar-refractivity contribution in [2.75, 3.05) is 18.5 Å². The number of rotatable bonds is 4. The van der Waals surface area contributed by atoms with Gasteiger partial charge >= 0.3 is 0 Å². The molecule has 0 bridgehead atoms. The van der Waals surface area contributed by atoms with Crippen LogP contribution < -0.4 is 5.32 Å². The molecule has 1 aliphatic carbocycles. The van der Waals surface area contributed by atoms with Gasteiger partial charge < -0.3 is 10.4 Å². The zero-order chi connectivity index (χ0) is 13.1. The Morgan fingerprint density at radius 2 is 1.74 bits per heavy atom. The first-order chi connectivity index (χ1) is 9.31. The quantitative estimate of drug-likeness (QED) is 0.871. The number of aliphatic hydroxyl groups is 1. The van der Waals surface area contributed by atoms with E-state index >= 15 is 0 Å². The SMILES string of the molecule is OCC1(CNc2ccc3ccccc3c2)CCCC1. The molecule has 2 heteroatoms. The number of anilines is 1. The van der Waals surface area contributed by atoms with Gasteiger partial charge in [0.25, 0.3) is 0 Å². The van der Waals surface area contributed by atoms with E-state index in [1.165, 1.54) is 23.6 Å². The van der Waals surface area contributed by atoms with Crippen LogP contribution in [0.25, 0.3) is 10.8 Å². The topological polar surface area (TPSA) is 32.3 Å². The van der Waals surface area contributed by atoms with Gasteiger partial charge in [0.05, 0.1) is 6.61 Å². The molecule has 2 N–H and O–H groups in total. The molecule has 2 aromatic carbocycles. The van der Waals surface area contributed by atoms with Gasteiger partial charge in [-0.15, -0.1) is 0 Å². The number of benzene rings is 2. The minimum absolute atomic E-state index is 0.103. The lowest BCUT2D eigenvalue weighted by atomic mass is 9.87. The fraction of sp³-hybridized carbons (Fsp3) is 0.412. The van der Waals surface area contributed by atoms with Gasteiger partial charge in [-0.1, -0.05) is 43.2 Å². The molecule has 19 heavy (non-hydrogen) atoms. The summed E-state index contributed by atoms with van der Waals surface area (Å²) >= 11 is 0. The van der Waals surface area contributed by atoms with Crippen LogP contribution in [0.5, 0.6) is 0 Å². The van der Waals surface area contributed by atoms with E-state index in [1.807, 2.05) is 0 Å². The summed E-state index contributed by atoms with van der Waals surface area (Å²) in [5, 5.41) is 15.7. The van der Waals surface area contributed by atoms with Crippen LogP contribution in [0.15, 0.2) is 42.5 Å². The fourth-order valence-corrected chi connectivity index (χ4v) is 3.10. The Morgan fingerprint density at radius 3 is 2.47 bits per heavy atom. The summed E-state index contributed by atoms with van der Waals surface area (Å²) in [6, 6.07) is 14.9. The second-order valence-corrected chi connectivity index (χ2v) is 5.78. The largest absolute Gasteiger partial charge is 0.396 e. The minimum atomic E-state index is 0.103. The number of hydrogen-bond acceptors (Lipinski definition) is 2. The average molecular weight is 255 g/mol. The van der Waals surface area contributed by atoms with E-state index in [2.05, 4.69) is 47.8 Å². The molecule has 0 radical (unpaired) electrons. The molecule has 3 rings (SSSR count). The Morgan fingerprint density at radius 1 is 1.00 bits per heavy atom. The number of fused-ring (bicyclic) bond motifs is 1. The standard InChI is InChI=1S/C17H21NO/c19-13-17(9-3-4-10-17)12-18-16-8-7-14-5-1-2-6-15(14)11-16/h1-2,5-8,11,18-19H,3-4,9-10,12-13H2. The maximum Gasteiger partial charge on any atom is 0.0504 e. The Bertz CT molecular complexity index is 558. The summed E-state index contributed by atoms with van der Waals surface area (Å²) in [5.74, 6) is 0. The van der Waals surface area contributed by atoms with Gasteiger partial charge in [-0.3, -0.25) is 0 Å². The van der Waals surface area contributed by atoms with Crippen molar-refractivity contribution >= 4 is 16.5 Å². The zero-order valence-electron chi connectivity index (χ0n) is 11.2. The van der Waals surface area contributed by atoms with Crippen LogP contribution in [0.3, 0.4) is 0 Å². The van der Waals surface area contributed by atoms with Crippen molar-refractivity contribution in [2.24, 2.45) is 5.41 Å². The van der Waals surface area contributed by atoms with Gasteiger partial charge in [-0.2, -0.15) is 0 Å². The normalized spacial score (nSPS) is 17.7. The minimum Gasteiger partial charge on any atom is -0.396 e. The van der Waals surface area contributed by atoms with Gasteiger partial charge in [0, 0.05) is 17.6 Å². The molecule has 0 atom stereocenters. The zero-order valence-corrected chi connectivity index (χ0v) is 11.2. The molecule has 0 aliphatic heterocycles. The highest BCUT2D eigenvalue weighted by Crippen LogP contribution is 2.37. The fourth-order valence-electron chi connectivity index (χ4n) is 3.10. The molecule has 0 spiro atoms. The van der Waals surface area contributed by atoms with Crippen LogP contribution in [0.2, 0.25) is 0 Å². The lowest BCUT2D eigenvalue weighted by molar-refractivity contribution is 0.142. The number of aliphatic hydroxyl groups excluding tert-OH is 1. The molecule has 0 aromatic heterocycles. The van der Waals surface area contributed by atoms with Crippen LogP contribution in [-0.2, 0) is 0 Å². The molecule has 100 valence electrons. The molecule has 2 nitrogen and oxygen atoms in total. The third-order valence-electron chi connectivity index (χ3n) is 4.42. The van der Waals surface area contributed by atoms with Crippen LogP contribution in [0, 0.1) is 5.41 Å². The summed E-state index contributed by atoms with van der Waals surface area (Å²) in [6.07, 6.45) is 4.79. The number of hydrogen-bond donors (Lipinski definition) is 2. The molecule has 1 saturated carbocycles. The smallest absolute Gasteiger partial charge is 0.0504 e. The summed E-state index contributed by atoms with van der Waals surface area (Å²) in [7, 11) is 0. The van der Waals surface area contributed by atoms with Crippen molar-refractivity contribution in [3.8, 4) is 0 Å². The van der Waals surface area contributed by atoms with E-state index in [4.69, 9.17) is 0 Å². The molecular formula is C17H21NO. The van der Waals surface area contributed by atoms with Gasteiger partial charge in [-0.05, 0) is 35.7 Å². The Balaban J connectivity index is 1.74. The highest BCUT2D eigenvalue weighted by atomic mass is 16.3. The van der Waals surface area contributed by atoms with E-state index in [-0.39, 0.29) is 5.41 Å². The van der Waals surface area contributed by atoms with Crippen LogP contribution in [0.1, 0.15) is 25.7 Å². The maximum absolute atomic E-state index is 9.63. The van der Waals surface area contributed by atoms with E-state index in [0.29, 0.717) is 6.61 Å². The third kappa shape index (κ3) is 2.59. The first-order valence-corrected chi connectivity index (χ1v) is 7.15. The predicted octanol–water partition coefficient (Wildman–Crippen LogP) is 3.80. The Hall–Kier alpha value is -1.54. The van der Waals surface area contributed by atoms with Crippen molar-refractivity contribution in [1.82, 2.24) is 0 Å². The van der Waals surface area contributed by atoms with Gasteiger partial charge in [0.2, 0.25) is 0 Å². The molecule has 0 unspecified atom stereocenters. The molecule has 1 aliphatic rings. The summed E-state index contributed by atoms with van der Waals surface area (Å²) in [5.41, 5.74) is 1.25. The van der Waals surface area contributed by atoms with E-state index in [9.17, 15) is 5.11 Å². The van der Waals surface area contributed by atoms with Crippen molar-refractivity contribution in [1.29, 1.82) is 0 Å². The monoisotopic (exact) mass is 255 g/mol. The second-order valence-electron chi connectivity index (χ2n) is 5.78. The Kier molecular flexibility index (Phi) is 3.43. The molecule has 0 heterocycles. The first-order valence-electron chi connectivity index (χ1n) is 7.15. The average Bonchev–Trinajstić information content (AvgIpc) is 2.94. The van der Waals surface area contributed by atoms with Crippen molar-refractivity contribution in [3.63, 3.8) is 0 Å². The van der Waals surface area contributed by atoms with Crippen molar-refractivity contribution < 1.29 is 5.11 Å². The van der Waals surface area contributed by atoms with E-state index < -0.39 is 0 Å². The summed E-state index contributed by atoms with van der Waals surface area (Å²) < 4.78 is 0. The number of nitrogens with one attached hydrogen (secondary N) is 1. The Labute approximate surface area is 114 Å². The van der Waals surface area contributed by atoms with Crippen molar-refractivity contribution in [3.05, 3.63) is 42.5 Å². The van der Waals surface area contributed by atoms with Crippen LogP contribution in [0.4, 0.5) is 5.69 Å². The predicted molar refractivity (Wildman–Crippen MR) is 80.4 cm³/mol. The molecule has 0 saturated heterocycles. The van der Waals surface area contributed by atoms with Crippen LogP contribution in [-0.4, -0.2) is 18.3 Å². The molecule has 1 fully saturated rings. The third-order valence-corrected chi connectivity index (χ3v) is 4.42. The van der Waals surface area contributed by atoms with Crippen molar-refractivity contribution in [2.45, 2.75) is 25.7 Å². The second kappa shape index (κ2) is 5.22. The molecular weight excluding hydrogens is 234 g/mol.